The second kappa shape index (κ2) is 7.53. The van der Waals surface area contributed by atoms with Crippen LogP contribution in [0.2, 0.25) is 0 Å². The number of thioether (sulfide) groups is 1. The lowest BCUT2D eigenvalue weighted by Gasteiger charge is -2.31. The van der Waals surface area contributed by atoms with Crippen LogP contribution in [-0.4, -0.2) is 35.0 Å². The predicted molar refractivity (Wildman–Crippen MR) is 82.6 cm³/mol. The number of carbonyl (C=O) groups is 1. The molecule has 0 radical (unpaired) electrons. The number of hydrogen-bond acceptors (Lipinski definition) is 3. The lowest BCUT2D eigenvalue weighted by Crippen LogP contribution is -2.44. The van der Waals surface area contributed by atoms with Gasteiger partial charge >= 0.3 is 0 Å². The summed E-state index contributed by atoms with van der Waals surface area (Å²) in [4.78, 5) is 11.0. The van der Waals surface area contributed by atoms with Gasteiger partial charge in [0.1, 0.15) is 0 Å². The van der Waals surface area contributed by atoms with Crippen molar-refractivity contribution >= 4 is 17.7 Å². The maximum Gasteiger partial charge on any atom is 0.217 e. The van der Waals surface area contributed by atoms with Crippen molar-refractivity contribution in [3.05, 3.63) is 0 Å². The van der Waals surface area contributed by atoms with E-state index in [1.807, 2.05) is 0 Å². The fraction of sp³-hybridized carbons (Fsp3) is 0.933. The molecule has 0 aromatic rings. The van der Waals surface area contributed by atoms with Gasteiger partial charge in [-0.3, -0.25) is 4.79 Å². The van der Waals surface area contributed by atoms with Gasteiger partial charge in [0.05, 0.1) is 0 Å². The third-order valence-corrected chi connectivity index (χ3v) is 5.63. The van der Waals surface area contributed by atoms with Crippen LogP contribution < -0.4 is 10.6 Å². The van der Waals surface area contributed by atoms with E-state index in [1.54, 1.807) is 6.92 Å². The number of rotatable bonds is 5. The molecule has 0 aromatic carbocycles. The highest BCUT2D eigenvalue weighted by Gasteiger charge is 2.28. The minimum atomic E-state index is 0.117. The first-order chi connectivity index (χ1) is 9.17. The van der Waals surface area contributed by atoms with Crippen LogP contribution in [0.1, 0.15) is 58.8 Å². The zero-order valence-corrected chi connectivity index (χ0v) is 13.1. The molecule has 110 valence electrons. The summed E-state index contributed by atoms with van der Waals surface area (Å²) in [5, 5.41) is 7.79. The van der Waals surface area contributed by atoms with E-state index in [4.69, 9.17) is 0 Å². The Morgan fingerprint density at radius 3 is 2.32 bits per heavy atom. The molecule has 19 heavy (non-hydrogen) atoms. The second-order valence-corrected chi connectivity index (χ2v) is 7.58. The van der Waals surface area contributed by atoms with Gasteiger partial charge in [-0.1, -0.05) is 6.92 Å². The van der Waals surface area contributed by atoms with Crippen molar-refractivity contribution < 1.29 is 4.79 Å². The Morgan fingerprint density at radius 1 is 1.05 bits per heavy atom. The summed E-state index contributed by atoms with van der Waals surface area (Å²) >= 11 is 2.12. The van der Waals surface area contributed by atoms with Crippen molar-refractivity contribution in [3.63, 3.8) is 0 Å². The van der Waals surface area contributed by atoms with Crippen molar-refractivity contribution in [1.29, 1.82) is 0 Å². The number of carbonyl (C=O) groups excluding carboxylic acids is 1. The van der Waals surface area contributed by atoms with Crippen LogP contribution in [0.15, 0.2) is 0 Å². The summed E-state index contributed by atoms with van der Waals surface area (Å²) in [6.45, 7) is 3.88. The number of amides is 1. The molecule has 2 saturated carbocycles. The lowest BCUT2D eigenvalue weighted by atomic mass is 9.90. The summed E-state index contributed by atoms with van der Waals surface area (Å²) in [6.07, 6.45) is 8.79. The molecular weight excluding hydrogens is 256 g/mol. The molecule has 0 bridgehead atoms. The average molecular weight is 284 g/mol. The van der Waals surface area contributed by atoms with Gasteiger partial charge in [-0.15, -0.1) is 0 Å². The topological polar surface area (TPSA) is 41.1 Å². The first kappa shape index (κ1) is 15.2. The summed E-state index contributed by atoms with van der Waals surface area (Å²) in [6, 6.07) is 1.84. The summed E-state index contributed by atoms with van der Waals surface area (Å²) in [7, 11) is 0. The van der Waals surface area contributed by atoms with Crippen LogP contribution in [0.3, 0.4) is 0 Å². The molecule has 3 nitrogen and oxygen atoms in total. The normalized spacial score (nSPS) is 35.3. The van der Waals surface area contributed by atoms with E-state index in [9.17, 15) is 4.79 Å². The Bertz CT molecular complexity index is 290. The zero-order chi connectivity index (χ0) is 13.7. The maximum atomic E-state index is 11.0. The van der Waals surface area contributed by atoms with E-state index >= 15 is 0 Å². The van der Waals surface area contributed by atoms with Gasteiger partial charge in [0.15, 0.2) is 0 Å². The molecule has 0 aliphatic heterocycles. The molecular formula is C15H28N2OS. The van der Waals surface area contributed by atoms with Crippen molar-refractivity contribution in [3.8, 4) is 0 Å². The van der Waals surface area contributed by atoms with Crippen molar-refractivity contribution in [1.82, 2.24) is 10.6 Å². The van der Waals surface area contributed by atoms with E-state index < -0.39 is 0 Å². The minimum Gasteiger partial charge on any atom is -0.354 e. The molecule has 0 saturated heterocycles. The first-order valence-electron chi connectivity index (χ1n) is 7.82. The molecule has 0 aromatic heterocycles. The van der Waals surface area contributed by atoms with Crippen LogP contribution in [0.5, 0.6) is 0 Å². The quantitative estimate of drug-likeness (QED) is 0.815. The van der Waals surface area contributed by atoms with Crippen LogP contribution in [0, 0.1) is 0 Å². The fourth-order valence-corrected chi connectivity index (χ4v) is 4.65. The SMILES string of the molecule is CCS[C@H]1CC[C@@H](NC2CCC(NC(C)=O)CC2)C1. The Kier molecular flexibility index (Phi) is 6.02. The van der Waals surface area contributed by atoms with E-state index in [1.165, 1.54) is 37.9 Å². The highest BCUT2D eigenvalue weighted by Crippen LogP contribution is 2.31. The lowest BCUT2D eigenvalue weighted by molar-refractivity contribution is -0.119. The Hall–Kier alpha value is -0.220. The van der Waals surface area contributed by atoms with E-state index in [-0.39, 0.29) is 5.91 Å². The maximum absolute atomic E-state index is 11.0. The number of hydrogen-bond donors (Lipinski definition) is 2. The number of nitrogens with one attached hydrogen (secondary N) is 2. The van der Waals surface area contributed by atoms with Gasteiger partial charge < -0.3 is 10.6 Å². The molecule has 2 fully saturated rings. The predicted octanol–water partition coefficient (Wildman–Crippen LogP) is 2.70. The van der Waals surface area contributed by atoms with E-state index in [2.05, 4.69) is 29.3 Å². The molecule has 2 rings (SSSR count). The van der Waals surface area contributed by atoms with Gasteiger partial charge in [0, 0.05) is 30.3 Å². The van der Waals surface area contributed by atoms with Gasteiger partial charge in [0.25, 0.3) is 0 Å². The molecule has 2 aliphatic rings. The van der Waals surface area contributed by atoms with Crippen molar-refractivity contribution in [2.45, 2.75) is 82.2 Å². The molecule has 2 N–H and O–H groups in total. The smallest absolute Gasteiger partial charge is 0.217 e. The Labute approximate surface area is 121 Å². The summed E-state index contributed by atoms with van der Waals surface area (Å²) in [5.74, 6) is 1.37. The monoisotopic (exact) mass is 284 g/mol. The van der Waals surface area contributed by atoms with E-state index in [0.717, 1.165) is 24.1 Å². The highest BCUT2D eigenvalue weighted by molar-refractivity contribution is 7.99. The zero-order valence-electron chi connectivity index (χ0n) is 12.3. The fourth-order valence-electron chi connectivity index (χ4n) is 3.50. The molecule has 0 heterocycles. The van der Waals surface area contributed by atoms with Crippen LogP contribution in [0.25, 0.3) is 0 Å². The standard InChI is InChI=1S/C15H28N2OS/c1-3-19-15-9-8-14(10-15)17-13-6-4-12(5-7-13)16-11(2)18/h12-15,17H,3-10H2,1-2H3,(H,16,18)/t12?,13?,14-,15+/m1/s1. The Morgan fingerprint density at radius 2 is 1.68 bits per heavy atom. The van der Waals surface area contributed by atoms with Crippen LogP contribution >= 0.6 is 11.8 Å². The third-order valence-electron chi connectivity index (χ3n) is 4.39. The summed E-state index contributed by atoms with van der Waals surface area (Å²) in [5.41, 5.74) is 0. The molecule has 1 amide bonds. The Balaban J connectivity index is 1.64. The van der Waals surface area contributed by atoms with Gasteiger partial charge in [-0.25, -0.2) is 0 Å². The van der Waals surface area contributed by atoms with Gasteiger partial charge in [0.2, 0.25) is 5.91 Å². The molecule has 0 spiro atoms. The van der Waals surface area contributed by atoms with Gasteiger partial charge in [-0.2, -0.15) is 11.8 Å². The molecule has 2 aliphatic carbocycles. The van der Waals surface area contributed by atoms with Crippen molar-refractivity contribution in [2.24, 2.45) is 0 Å². The van der Waals surface area contributed by atoms with Gasteiger partial charge in [-0.05, 0) is 50.7 Å². The summed E-state index contributed by atoms with van der Waals surface area (Å²) < 4.78 is 0. The van der Waals surface area contributed by atoms with E-state index in [0.29, 0.717) is 12.1 Å². The molecule has 4 heteroatoms. The third kappa shape index (κ3) is 4.99. The molecule has 0 unspecified atom stereocenters. The molecule has 2 atom stereocenters. The first-order valence-corrected chi connectivity index (χ1v) is 8.87. The van der Waals surface area contributed by atoms with Crippen molar-refractivity contribution in [2.75, 3.05) is 5.75 Å². The highest BCUT2D eigenvalue weighted by atomic mass is 32.2. The largest absolute Gasteiger partial charge is 0.354 e. The average Bonchev–Trinajstić information content (AvgIpc) is 2.79. The van der Waals surface area contributed by atoms with Crippen LogP contribution in [-0.2, 0) is 4.79 Å². The second-order valence-electron chi connectivity index (χ2n) is 6.00. The minimum absolute atomic E-state index is 0.117. The van der Waals surface area contributed by atoms with Crippen LogP contribution in [0.4, 0.5) is 0 Å².